The van der Waals surface area contributed by atoms with E-state index in [9.17, 15) is 59.8 Å². The van der Waals surface area contributed by atoms with Crippen LogP contribution in [-0.2, 0) is 78.5 Å². The fourth-order valence-electron chi connectivity index (χ4n) is 8.75. The second kappa shape index (κ2) is 32.9. The molecule has 0 fully saturated rings. The van der Waals surface area contributed by atoms with Gasteiger partial charge in [0, 0.05) is 89.8 Å². The third-order valence-electron chi connectivity index (χ3n) is 13.5. The van der Waals surface area contributed by atoms with Crippen LogP contribution < -0.4 is 11.1 Å². The Hall–Kier alpha value is -7.92. The van der Waals surface area contributed by atoms with E-state index >= 15 is 9.59 Å². The highest BCUT2D eigenvalue weighted by Gasteiger charge is 2.33. The number of halogens is 8. The van der Waals surface area contributed by atoms with E-state index in [1.54, 1.807) is 0 Å². The zero-order chi connectivity index (χ0) is 104. The first-order chi connectivity index (χ1) is 61.1. The molecule has 508 valence electrons. The first-order valence-corrected chi connectivity index (χ1v) is 30.1. The molecule has 2 aliphatic carbocycles. The topological polar surface area (TPSA) is 117 Å². The molecule has 0 N–H and O–H groups in total. The summed E-state index contributed by atoms with van der Waals surface area (Å²) in [6.45, 7) is -39.1. The minimum Gasteiger partial charge on any atom is -0.336 e. The van der Waals surface area contributed by atoms with Crippen LogP contribution in [-0.4, -0.2) is 102 Å². The van der Waals surface area contributed by atoms with Gasteiger partial charge in [-0.1, -0.05) is 155 Å². The Morgan fingerprint density at radius 3 is 1.66 bits per heavy atom. The van der Waals surface area contributed by atoms with E-state index in [4.69, 9.17) is 39.8 Å². The van der Waals surface area contributed by atoms with Crippen molar-refractivity contribution in [3.8, 4) is 22.3 Å². The van der Waals surface area contributed by atoms with E-state index in [2.05, 4.69) is 9.97 Å². The third kappa shape index (κ3) is 18.8. The van der Waals surface area contributed by atoms with Gasteiger partial charge in [0.25, 0.3) is 11.1 Å². The smallest absolute Gasteiger partial charge is 0.336 e. The average Bonchev–Trinajstić information content (AvgIpc) is 1.49. The lowest BCUT2D eigenvalue weighted by molar-refractivity contribution is -0.138. The SMILES string of the molecule is [2H]c1c([2H])c(C(F)(F)F)c([2H])c([2H])c1-c1c([2H])c([2H])c(C([2H])([2H])N(C(=O)C([2H])([2H])n2c(SCc3ccc(F)cc3)nc(=O)c3c2C([2H])([2H])C([2H])(C)C3([2H])[2H])C([2H])([2H])C([2H])([2H])N(C([2H])([2H])C)C([2H])([2H])C)c([2H])c1[2H].[2H]c1c([2H])c(CSc2nc(=O)c3c(n2C([2H])([2H])C(=O)N(C([2H])(C)c2ccc(-c4ccc(C(F)(F)F)cc4)cc2)C([2H])([2H])C([2H])([2H])N(C([2H])([2H])C)C([2H])([2H])C)CCC3)c([2H])c([2H])c1F. The van der Waals surface area contributed by atoms with Crippen LogP contribution in [0.1, 0.15) is 165 Å². The van der Waals surface area contributed by atoms with Gasteiger partial charge in [0.1, 0.15) is 24.6 Å². The molecule has 0 aliphatic heterocycles. The van der Waals surface area contributed by atoms with Crippen LogP contribution >= 0.6 is 23.5 Å². The summed E-state index contributed by atoms with van der Waals surface area (Å²) in [5.74, 6) is -11.3. The number of thioether (sulfide) groups is 2. The van der Waals surface area contributed by atoms with Crippen LogP contribution in [0.2, 0.25) is 0 Å². The molecule has 0 spiro atoms. The maximum absolute atomic E-state index is 15.5. The molecule has 0 bridgehead atoms. The number of aromatic nitrogens is 4. The van der Waals surface area contributed by atoms with E-state index in [1.807, 2.05) is 0 Å². The average molecular weight is 1400 g/mol. The molecular formula is C74H80F8N8O4S2. The van der Waals surface area contributed by atoms with Crippen molar-refractivity contribution in [1.82, 2.24) is 38.7 Å². The highest BCUT2D eigenvalue weighted by molar-refractivity contribution is 7.98. The monoisotopic (exact) mass is 1400 g/mol. The van der Waals surface area contributed by atoms with Gasteiger partial charge in [0.2, 0.25) is 11.8 Å². The van der Waals surface area contributed by atoms with Gasteiger partial charge in [-0.25, -0.2) is 8.78 Å². The largest absolute Gasteiger partial charge is 0.416 e. The number of rotatable bonds is 26. The number of alkyl halides is 6. The van der Waals surface area contributed by atoms with Gasteiger partial charge in [-0.05, 0) is 164 Å². The quantitative estimate of drug-likeness (QED) is 0.0295. The van der Waals surface area contributed by atoms with Gasteiger partial charge in [-0.2, -0.15) is 36.3 Å². The maximum Gasteiger partial charge on any atom is 0.416 e. The Labute approximate surface area is 620 Å². The molecule has 96 heavy (non-hydrogen) atoms. The van der Waals surface area contributed by atoms with Crippen molar-refractivity contribution in [3.05, 3.63) is 234 Å². The minimum absolute atomic E-state index is 0.0488. The number of carbonyl (C=O) groups excluding carboxylic acids is 2. The molecule has 0 saturated carbocycles. The number of likely N-dealkylation sites (N-methyl/N-ethyl adjacent to an activating group) is 2. The number of hydrogen-bond donors (Lipinski definition) is 0. The molecule has 0 radical (unpaired) electrons. The maximum atomic E-state index is 15.5. The predicted octanol–water partition coefficient (Wildman–Crippen LogP) is 15.2. The van der Waals surface area contributed by atoms with E-state index < -0.39 is 292 Å². The molecular weight excluding hydrogens is 1280 g/mol. The summed E-state index contributed by atoms with van der Waals surface area (Å²) in [4.78, 5) is 63.4. The van der Waals surface area contributed by atoms with Gasteiger partial charge >= 0.3 is 12.4 Å². The van der Waals surface area contributed by atoms with Gasteiger partial charge in [0.05, 0.1) is 48.7 Å². The lowest BCUT2D eigenvalue weighted by Crippen LogP contribution is -2.42. The number of fused-ring (bicyclic) bond motifs is 2. The Kier molecular flexibility index (Phi) is 12.4. The lowest BCUT2D eigenvalue weighted by Gasteiger charge is -2.33. The molecule has 22 heteroatoms. The molecule has 2 aliphatic rings. The van der Waals surface area contributed by atoms with E-state index in [0.29, 0.717) is 50.9 Å². The van der Waals surface area contributed by atoms with Crippen LogP contribution in [0.5, 0.6) is 0 Å². The van der Waals surface area contributed by atoms with Crippen LogP contribution in [0.15, 0.2) is 165 Å². The van der Waals surface area contributed by atoms with Crippen LogP contribution in [0.25, 0.3) is 22.3 Å². The van der Waals surface area contributed by atoms with Gasteiger partial charge in [-0.15, -0.1) is 0 Å². The van der Waals surface area contributed by atoms with Crippen molar-refractivity contribution in [2.24, 2.45) is 5.89 Å². The number of nitrogens with zero attached hydrogens (tertiary/aromatic N) is 8. The van der Waals surface area contributed by atoms with Crippen LogP contribution in [0.3, 0.4) is 0 Å². The standard InChI is InChI=1S/2C37H40F4N4O2S/c1-4-43(5-2)18-19-44(22-26-6-10-28(11-7-26)29-12-14-30(15-13-29)37(39,40)41)34(46)23-45-33-21-25(3)20-32(33)35(47)42-36(45)48-24-27-8-16-31(38)17-9-27;1-4-43(5-2)21-22-44(25(3)27-11-13-28(14-12-27)29-15-17-30(18-16-29)37(39,40)41)34(46)23-45-33-8-6-7-32(33)35(47)42-36(45)48-24-26-9-19-31(38)20-10-26/h6-17,25H,4-5,18-24H2,1-3H3;9-20,25H,4-8,21-24H2,1-3H3/i4D2,5D2,6D,7D,10D,11D,12D,13D,14D,15D,18D2,19D2,20D2,21D2,22D2,23D2,25D;4D2,5D2,9D,10D,19D,20D,21D2,22D2,23D2,25D. The second-order valence-corrected chi connectivity index (χ2v) is 21.7. The number of hydrogen-bond acceptors (Lipinski definition) is 10. The lowest BCUT2D eigenvalue weighted by atomic mass is 9.99. The van der Waals surface area contributed by atoms with Gasteiger partial charge in [0.15, 0.2) is 10.3 Å². The highest BCUT2D eigenvalue weighted by atomic mass is 32.2. The Morgan fingerprint density at radius 2 is 1.09 bits per heavy atom. The first kappa shape index (κ1) is 36.1. The summed E-state index contributed by atoms with van der Waals surface area (Å²) in [6.07, 6.45) is -17.0. The molecule has 10 rings (SSSR count). The van der Waals surface area contributed by atoms with Crippen molar-refractivity contribution in [2.45, 2.75) is 133 Å². The molecule has 2 atom stereocenters. The van der Waals surface area contributed by atoms with E-state index in [0.717, 1.165) is 55.5 Å². The zero-order valence-corrected chi connectivity index (χ0v) is 52.6. The van der Waals surface area contributed by atoms with Gasteiger partial charge in [-0.3, -0.25) is 19.2 Å². The second-order valence-electron chi connectivity index (χ2n) is 19.8. The summed E-state index contributed by atoms with van der Waals surface area (Å²) in [5.41, 5.74) is -13.2. The zero-order valence-electron chi connectivity index (χ0n) is 91.0. The summed E-state index contributed by atoms with van der Waals surface area (Å²) in [5, 5.41) is -1.73. The van der Waals surface area contributed by atoms with Crippen LogP contribution in [0, 0.1) is 17.5 Å². The van der Waals surface area contributed by atoms with Crippen molar-refractivity contribution >= 4 is 35.3 Å². The third-order valence-corrected chi connectivity index (χ3v) is 15.5. The summed E-state index contributed by atoms with van der Waals surface area (Å²) in [6, 6.07) is -7.05. The molecule has 12 nitrogen and oxygen atoms in total. The molecule has 2 unspecified atom stereocenters. The number of amides is 2. The van der Waals surface area contributed by atoms with Crippen molar-refractivity contribution in [1.29, 1.82) is 0 Å². The molecule has 0 saturated heterocycles. The Bertz CT molecular complexity index is 6070. The van der Waals surface area contributed by atoms with E-state index in [1.165, 1.54) is 24.3 Å². The fraction of sp³-hybridized carbons (Fsp3) is 0.378. The summed E-state index contributed by atoms with van der Waals surface area (Å²) in [7, 11) is 0. The minimum atomic E-state index is -5.52. The molecule has 2 amide bonds. The van der Waals surface area contributed by atoms with Crippen LogP contribution in [0.4, 0.5) is 35.1 Å². The summed E-state index contributed by atoms with van der Waals surface area (Å²) >= 11 is 0.702. The molecule has 2 aromatic heterocycles. The van der Waals surface area contributed by atoms with E-state index in [-0.39, 0.29) is 78.9 Å². The predicted molar refractivity (Wildman–Crippen MR) is 362 cm³/mol. The molecule has 2 heterocycles. The van der Waals surface area contributed by atoms with Gasteiger partial charge < -0.3 is 28.7 Å². The van der Waals surface area contributed by atoms with Crippen molar-refractivity contribution in [3.63, 3.8) is 0 Å². The highest BCUT2D eigenvalue weighted by Crippen LogP contribution is 2.35. The Balaban J connectivity index is 0.000000308. The normalized spacial score (nSPS) is 23.8. The number of carbonyl (C=O) groups is 2. The Morgan fingerprint density at radius 1 is 0.594 bits per heavy atom. The number of benzene rings is 6. The summed E-state index contributed by atoms with van der Waals surface area (Å²) < 4.78 is 460. The fourth-order valence-corrected chi connectivity index (χ4v) is 10.5. The van der Waals surface area contributed by atoms with Crippen molar-refractivity contribution < 1.29 is 99.5 Å². The molecule has 8 aromatic rings. The first-order valence-electron chi connectivity index (χ1n) is 48.1. The van der Waals surface area contributed by atoms with Crippen molar-refractivity contribution in [2.75, 3.05) is 52.0 Å². The molecule has 6 aromatic carbocycles.